The Morgan fingerprint density at radius 3 is 2.79 bits per heavy atom. The van der Waals surface area contributed by atoms with Crippen LogP contribution in [0.4, 0.5) is 15.0 Å². The Bertz CT molecular complexity index is 896. The van der Waals surface area contributed by atoms with E-state index in [0.717, 1.165) is 19.2 Å². The number of aromatic carboxylic acids is 1. The van der Waals surface area contributed by atoms with Crippen LogP contribution in [0.5, 0.6) is 11.5 Å². The third kappa shape index (κ3) is 3.71. The maximum atomic E-state index is 14.0. The number of pyridine rings is 1. The largest absolute Gasteiger partial charge is 0.478 e. The van der Waals surface area contributed by atoms with E-state index in [2.05, 4.69) is 10.3 Å². The molecule has 2 aromatic rings. The zero-order valence-electron chi connectivity index (χ0n) is 14.7. The smallest absolute Gasteiger partial charge is 0.335 e. The second-order valence-corrected chi connectivity index (χ2v) is 6.35. The van der Waals surface area contributed by atoms with Gasteiger partial charge in [0.1, 0.15) is 11.6 Å². The first kappa shape index (κ1) is 19.8. The molecule has 2 amide bonds. The van der Waals surface area contributed by atoms with Crippen molar-refractivity contribution in [2.45, 2.75) is 6.04 Å². The molecule has 2 fully saturated rings. The average molecular weight is 409 g/mol. The Labute approximate surface area is 166 Å². The fourth-order valence-electron chi connectivity index (χ4n) is 3.25. The Kier molecular flexibility index (Phi) is 5.66. The van der Waals surface area contributed by atoms with Gasteiger partial charge in [-0.25, -0.2) is 19.0 Å². The summed E-state index contributed by atoms with van der Waals surface area (Å²) in [4.78, 5) is 31.1. The molecule has 2 saturated heterocycles. The Balaban J connectivity index is 0.00000225. The van der Waals surface area contributed by atoms with Gasteiger partial charge < -0.3 is 20.1 Å². The van der Waals surface area contributed by atoms with Gasteiger partial charge in [-0.3, -0.25) is 4.90 Å². The van der Waals surface area contributed by atoms with Crippen molar-refractivity contribution in [1.29, 1.82) is 0 Å². The summed E-state index contributed by atoms with van der Waals surface area (Å²) in [5, 5.41) is 12.1. The Morgan fingerprint density at radius 2 is 2.14 bits per heavy atom. The van der Waals surface area contributed by atoms with E-state index in [1.54, 1.807) is 17.0 Å². The summed E-state index contributed by atoms with van der Waals surface area (Å²) in [6, 6.07) is 6.70. The molecule has 0 bridgehead atoms. The van der Waals surface area contributed by atoms with Crippen LogP contribution in [0.15, 0.2) is 36.5 Å². The second kappa shape index (κ2) is 7.99. The zero-order valence-corrected chi connectivity index (χ0v) is 15.5. The fraction of sp³-hybridized carbons (Fsp3) is 0.278. The molecule has 0 unspecified atom stereocenters. The van der Waals surface area contributed by atoms with Gasteiger partial charge in [-0.05, 0) is 30.3 Å². The van der Waals surface area contributed by atoms with Crippen LogP contribution in [0.1, 0.15) is 10.4 Å². The highest BCUT2D eigenvalue weighted by Gasteiger charge is 2.39. The number of urea groups is 1. The fourth-order valence-corrected chi connectivity index (χ4v) is 3.25. The Morgan fingerprint density at radius 1 is 1.32 bits per heavy atom. The topological polar surface area (TPSA) is 95.0 Å². The zero-order chi connectivity index (χ0) is 19.0. The predicted octanol–water partition coefficient (Wildman–Crippen LogP) is 2.35. The lowest BCUT2D eigenvalue weighted by molar-refractivity contribution is 0.0696. The monoisotopic (exact) mass is 408 g/mol. The lowest BCUT2D eigenvalue weighted by Crippen LogP contribution is -2.49. The number of carboxylic acids is 1. The number of nitrogens with one attached hydrogen (secondary N) is 1. The lowest BCUT2D eigenvalue weighted by Gasteiger charge is -2.28. The van der Waals surface area contributed by atoms with E-state index in [0.29, 0.717) is 18.9 Å². The van der Waals surface area contributed by atoms with Gasteiger partial charge in [0, 0.05) is 19.6 Å². The van der Waals surface area contributed by atoms with Crippen LogP contribution in [0.2, 0.25) is 0 Å². The molecule has 8 nitrogen and oxygen atoms in total. The summed E-state index contributed by atoms with van der Waals surface area (Å²) in [5.74, 6) is -1.31. The average Bonchev–Trinajstić information content (AvgIpc) is 3.01. The molecule has 3 heterocycles. The summed E-state index contributed by atoms with van der Waals surface area (Å²) in [7, 11) is 0. The minimum Gasteiger partial charge on any atom is -0.478 e. The molecule has 4 rings (SSSR count). The summed E-state index contributed by atoms with van der Waals surface area (Å²) in [5.41, 5.74) is -0.160. The molecule has 2 aliphatic rings. The normalized spacial score (nSPS) is 18.5. The van der Waals surface area contributed by atoms with Crippen molar-refractivity contribution in [3.63, 3.8) is 0 Å². The maximum absolute atomic E-state index is 14.0. The molecule has 1 atom stereocenters. The molecule has 148 valence electrons. The first-order chi connectivity index (χ1) is 13.0. The van der Waals surface area contributed by atoms with Crippen molar-refractivity contribution in [2.75, 3.05) is 31.1 Å². The molecule has 1 aromatic carbocycles. The van der Waals surface area contributed by atoms with Gasteiger partial charge in [0.15, 0.2) is 11.6 Å². The van der Waals surface area contributed by atoms with E-state index in [1.807, 2.05) is 4.90 Å². The summed E-state index contributed by atoms with van der Waals surface area (Å²) in [6.07, 6.45) is 1.41. The number of benzene rings is 1. The van der Waals surface area contributed by atoms with E-state index < -0.39 is 11.8 Å². The highest BCUT2D eigenvalue weighted by atomic mass is 35.5. The van der Waals surface area contributed by atoms with E-state index in [9.17, 15) is 14.0 Å². The first-order valence-electron chi connectivity index (χ1n) is 8.48. The number of carboxylic acid groups (broad SMARTS) is 1. The van der Waals surface area contributed by atoms with E-state index in [4.69, 9.17) is 9.84 Å². The van der Waals surface area contributed by atoms with Gasteiger partial charge in [-0.2, -0.15) is 0 Å². The van der Waals surface area contributed by atoms with Crippen molar-refractivity contribution >= 4 is 30.2 Å². The molecule has 0 saturated carbocycles. The van der Waals surface area contributed by atoms with Gasteiger partial charge in [0.2, 0.25) is 0 Å². The van der Waals surface area contributed by atoms with E-state index in [-0.39, 0.29) is 41.5 Å². The summed E-state index contributed by atoms with van der Waals surface area (Å²) < 4.78 is 19.4. The van der Waals surface area contributed by atoms with Crippen molar-refractivity contribution < 1.29 is 23.8 Å². The van der Waals surface area contributed by atoms with Gasteiger partial charge in [-0.1, -0.05) is 0 Å². The molecule has 10 heteroatoms. The number of hydrogen-bond donors (Lipinski definition) is 2. The standard InChI is InChI=1S/C18H17FN4O4.ClH/c19-14-7-11(17(24)25)1-3-15(14)27-13-2-4-16(21-9-13)23-10-12-8-20-5-6-22(12)18(23)26;/h1-4,7,9,12,20H,5-6,8,10H2,(H,24,25);1H/t12-;/m0./s1. The molecule has 0 spiro atoms. The molecule has 28 heavy (non-hydrogen) atoms. The van der Waals surface area contributed by atoms with Crippen LogP contribution in [0, 0.1) is 5.82 Å². The molecular formula is C18H18ClFN4O4. The van der Waals surface area contributed by atoms with Crippen LogP contribution in [-0.2, 0) is 0 Å². The Hall–Kier alpha value is -2.91. The molecule has 2 aliphatic heterocycles. The third-order valence-electron chi connectivity index (χ3n) is 4.62. The van der Waals surface area contributed by atoms with Crippen LogP contribution in [-0.4, -0.2) is 59.2 Å². The van der Waals surface area contributed by atoms with E-state index in [1.165, 1.54) is 18.3 Å². The van der Waals surface area contributed by atoms with Gasteiger partial charge in [-0.15, -0.1) is 12.4 Å². The number of carbonyl (C=O) groups excluding carboxylic acids is 1. The first-order valence-corrected chi connectivity index (χ1v) is 8.48. The van der Waals surface area contributed by atoms with Crippen molar-refractivity contribution in [1.82, 2.24) is 15.2 Å². The van der Waals surface area contributed by atoms with Crippen LogP contribution in [0.3, 0.4) is 0 Å². The number of amides is 2. The van der Waals surface area contributed by atoms with Gasteiger partial charge in [0.25, 0.3) is 0 Å². The van der Waals surface area contributed by atoms with Crippen molar-refractivity contribution in [2.24, 2.45) is 0 Å². The number of carbonyl (C=O) groups is 2. The number of aromatic nitrogens is 1. The maximum Gasteiger partial charge on any atom is 0.335 e. The number of piperazine rings is 1. The van der Waals surface area contributed by atoms with E-state index >= 15 is 0 Å². The van der Waals surface area contributed by atoms with Crippen molar-refractivity contribution in [3.8, 4) is 11.5 Å². The number of nitrogens with zero attached hydrogens (tertiary/aromatic N) is 3. The minimum atomic E-state index is -1.21. The summed E-state index contributed by atoms with van der Waals surface area (Å²) in [6.45, 7) is 2.77. The molecule has 0 radical (unpaired) electrons. The number of rotatable bonds is 4. The number of hydrogen-bond acceptors (Lipinski definition) is 5. The number of halogens is 2. The molecule has 1 aromatic heterocycles. The number of fused-ring (bicyclic) bond motifs is 1. The van der Waals surface area contributed by atoms with Crippen LogP contribution < -0.4 is 15.0 Å². The SMILES string of the molecule is Cl.O=C(O)c1ccc(Oc2ccc(N3C[C@@H]4CNCCN4C3=O)nc2)c(F)c1. The molecule has 2 N–H and O–H groups in total. The van der Waals surface area contributed by atoms with Crippen molar-refractivity contribution in [3.05, 3.63) is 47.9 Å². The number of anilines is 1. The highest BCUT2D eigenvalue weighted by Crippen LogP contribution is 2.28. The molecule has 0 aliphatic carbocycles. The summed E-state index contributed by atoms with van der Waals surface area (Å²) >= 11 is 0. The van der Waals surface area contributed by atoms with Crippen LogP contribution in [0.25, 0.3) is 0 Å². The van der Waals surface area contributed by atoms with Gasteiger partial charge >= 0.3 is 12.0 Å². The highest BCUT2D eigenvalue weighted by molar-refractivity contribution is 5.94. The second-order valence-electron chi connectivity index (χ2n) is 6.35. The lowest BCUT2D eigenvalue weighted by atomic mass is 10.2. The molecular weight excluding hydrogens is 391 g/mol. The van der Waals surface area contributed by atoms with Gasteiger partial charge in [0.05, 0.1) is 24.3 Å². The van der Waals surface area contributed by atoms with Crippen LogP contribution >= 0.6 is 12.4 Å². The predicted molar refractivity (Wildman–Crippen MR) is 101 cm³/mol. The number of ether oxygens (including phenoxy) is 1. The quantitative estimate of drug-likeness (QED) is 0.806. The minimum absolute atomic E-state index is 0. The third-order valence-corrected chi connectivity index (χ3v) is 4.62.